The van der Waals surface area contributed by atoms with Gasteiger partial charge in [0.05, 0.1) is 4.53 Å². The number of fused-ring (bicyclic) bond motifs is 1. The molecule has 0 atom stereocenters. The molecule has 2 aromatic heterocycles. The number of hydrogen-bond donors (Lipinski definition) is 0. The maximum absolute atomic E-state index is 12.7. The second-order valence-electron chi connectivity index (χ2n) is 5.12. The Morgan fingerprint density at radius 1 is 1.04 bits per heavy atom. The Balaban J connectivity index is 1.89. The van der Waals surface area contributed by atoms with E-state index in [1.165, 1.54) is 11.3 Å². The quantitative estimate of drug-likeness (QED) is 0.498. The minimum absolute atomic E-state index is 0.118. The molecule has 0 aliphatic carbocycles. The lowest BCUT2D eigenvalue weighted by atomic mass is 10.2. The van der Waals surface area contributed by atoms with E-state index < -0.39 is 0 Å². The number of aromatic nitrogens is 3. The smallest absolute Gasteiger partial charge is 0.267 e. The molecule has 118 valence electrons. The number of nitrogens with zero attached hydrogens (tertiary/aromatic N) is 3. The van der Waals surface area contributed by atoms with Gasteiger partial charge in [0.15, 0.2) is 5.82 Å². The summed E-state index contributed by atoms with van der Waals surface area (Å²) in [7, 11) is 0. The van der Waals surface area contributed by atoms with Gasteiger partial charge in [-0.3, -0.25) is 4.79 Å². The first-order valence-corrected chi connectivity index (χ1v) is 9.02. The van der Waals surface area contributed by atoms with Gasteiger partial charge in [-0.2, -0.15) is 0 Å². The summed E-state index contributed by atoms with van der Waals surface area (Å²) >= 11 is 10.6. The minimum Gasteiger partial charge on any atom is -0.267 e. The summed E-state index contributed by atoms with van der Waals surface area (Å²) in [6, 6.07) is 15.0. The van der Waals surface area contributed by atoms with Crippen LogP contribution in [-0.4, -0.2) is 14.6 Å². The van der Waals surface area contributed by atoms with Crippen LogP contribution in [0.1, 0.15) is 5.56 Å². The van der Waals surface area contributed by atoms with E-state index in [-0.39, 0.29) is 5.56 Å². The van der Waals surface area contributed by atoms with Gasteiger partial charge in [-0.15, -0.1) is 10.2 Å². The molecular formula is C17H9BrClN3OS. The van der Waals surface area contributed by atoms with Crippen LogP contribution in [0, 0.1) is 0 Å². The fourth-order valence-electron chi connectivity index (χ4n) is 2.36. The zero-order chi connectivity index (χ0) is 16.7. The van der Waals surface area contributed by atoms with Crippen molar-refractivity contribution in [2.75, 3.05) is 0 Å². The monoisotopic (exact) mass is 417 g/mol. The van der Waals surface area contributed by atoms with Crippen LogP contribution in [0.15, 0.2) is 57.8 Å². The highest BCUT2D eigenvalue weighted by atomic mass is 79.9. The Morgan fingerprint density at radius 2 is 1.75 bits per heavy atom. The molecule has 0 saturated carbocycles. The molecule has 0 spiro atoms. The second kappa shape index (κ2) is 6.12. The topological polar surface area (TPSA) is 47.3 Å². The van der Waals surface area contributed by atoms with Crippen LogP contribution in [0.3, 0.4) is 0 Å². The predicted molar refractivity (Wildman–Crippen MR) is 101 cm³/mol. The molecule has 0 aliphatic heterocycles. The zero-order valence-electron chi connectivity index (χ0n) is 12.1. The molecule has 0 bridgehead atoms. The highest BCUT2D eigenvalue weighted by Crippen LogP contribution is 2.20. The Morgan fingerprint density at radius 3 is 2.46 bits per heavy atom. The third-order valence-corrected chi connectivity index (χ3v) is 5.26. The highest BCUT2D eigenvalue weighted by Gasteiger charge is 2.13. The standard InChI is InChI=1S/C17H9BrClN3OS/c18-12-5-1-10(2-6-12)9-14-16(23)22-15(20-21-17(22)24-14)11-3-7-13(19)8-4-11/h1-9H/b14-9+. The number of halogens is 2. The van der Waals surface area contributed by atoms with Crippen molar-refractivity contribution in [3.8, 4) is 11.4 Å². The molecule has 0 amide bonds. The van der Waals surface area contributed by atoms with Crippen LogP contribution in [0.2, 0.25) is 5.02 Å². The first-order chi connectivity index (χ1) is 11.6. The lowest BCUT2D eigenvalue weighted by molar-refractivity contribution is 1.09. The lowest BCUT2D eigenvalue weighted by Crippen LogP contribution is -2.23. The molecule has 0 N–H and O–H groups in total. The van der Waals surface area contributed by atoms with Crippen LogP contribution < -0.4 is 10.1 Å². The van der Waals surface area contributed by atoms with E-state index in [0.717, 1.165) is 15.6 Å². The molecule has 7 heteroatoms. The van der Waals surface area contributed by atoms with Crippen LogP contribution in [0.25, 0.3) is 22.4 Å². The Hall–Kier alpha value is -2.02. The van der Waals surface area contributed by atoms with Crippen LogP contribution in [0.5, 0.6) is 0 Å². The number of thiazole rings is 1. The Kier molecular flexibility index (Phi) is 3.96. The van der Waals surface area contributed by atoms with E-state index in [0.29, 0.717) is 20.3 Å². The summed E-state index contributed by atoms with van der Waals surface area (Å²) in [4.78, 5) is 13.3. The summed E-state index contributed by atoms with van der Waals surface area (Å²) in [5, 5.41) is 8.90. The van der Waals surface area contributed by atoms with Crippen molar-refractivity contribution in [3.63, 3.8) is 0 Å². The van der Waals surface area contributed by atoms with Gasteiger partial charge in [-0.05, 0) is 48.0 Å². The number of rotatable bonds is 2. The summed E-state index contributed by atoms with van der Waals surface area (Å²) in [5.74, 6) is 0.526. The van der Waals surface area contributed by atoms with E-state index >= 15 is 0 Å². The molecule has 0 unspecified atom stereocenters. The van der Waals surface area contributed by atoms with E-state index in [4.69, 9.17) is 11.6 Å². The molecule has 4 rings (SSSR count). The van der Waals surface area contributed by atoms with Crippen molar-refractivity contribution in [2.24, 2.45) is 0 Å². The molecule has 0 saturated heterocycles. The van der Waals surface area contributed by atoms with Crippen LogP contribution in [0.4, 0.5) is 0 Å². The summed E-state index contributed by atoms with van der Waals surface area (Å²) in [6.45, 7) is 0. The maximum Gasteiger partial charge on any atom is 0.276 e. The third kappa shape index (κ3) is 2.77. The molecule has 24 heavy (non-hydrogen) atoms. The molecule has 4 aromatic rings. The molecule has 0 fully saturated rings. The van der Waals surface area contributed by atoms with Crippen LogP contribution >= 0.6 is 38.9 Å². The van der Waals surface area contributed by atoms with Crippen molar-refractivity contribution >= 4 is 49.9 Å². The second-order valence-corrected chi connectivity index (χ2v) is 7.48. The molecule has 0 radical (unpaired) electrons. The predicted octanol–water partition coefficient (Wildman–Crippen LogP) is 3.78. The summed E-state index contributed by atoms with van der Waals surface area (Å²) < 4.78 is 3.16. The van der Waals surface area contributed by atoms with E-state index in [2.05, 4.69) is 26.1 Å². The molecule has 2 aromatic carbocycles. The molecule has 0 aliphatic rings. The average Bonchev–Trinajstić information content (AvgIpc) is 3.12. The van der Waals surface area contributed by atoms with Gasteiger partial charge in [0.1, 0.15) is 0 Å². The van der Waals surface area contributed by atoms with Gasteiger partial charge in [0, 0.05) is 15.1 Å². The lowest BCUT2D eigenvalue weighted by Gasteiger charge is -1.96. The average molecular weight is 419 g/mol. The zero-order valence-corrected chi connectivity index (χ0v) is 15.3. The number of benzene rings is 2. The normalized spacial score (nSPS) is 12.2. The maximum atomic E-state index is 12.7. The molecule has 2 heterocycles. The first kappa shape index (κ1) is 15.5. The van der Waals surface area contributed by atoms with Crippen molar-refractivity contribution < 1.29 is 0 Å². The largest absolute Gasteiger partial charge is 0.276 e. The van der Waals surface area contributed by atoms with Crippen LogP contribution in [-0.2, 0) is 0 Å². The SMILES string of the molecule is O=c1/c(=C\c2ccc(Br)cc2)sc2nnc(-c3ccc(Cl)cc3)n12. The highest BCUT2D eigenvalue weighted by molar-refractivity contribution is 9.10. The third-order valence-electron chi connectivity index (χ3n) is 3.52. The van der Waals surface area contributed by atoms with Crippen molar-refractivity contribution in [1.82, 2.24) is 14.6 Å². The minimum atomic E-state index is -0.118. The van der Waals surface area contributed by atoms with Gasteiger partial charge >= 0.3 is 0 Å². The fourth-order valence-corrected chi connectivity index (χ4v) is 3.66. The molecule has 4 nitrogen and oxygen atoms in total. The fraction of sp³-hybridized carbons (Fsp3) is 0. The van der Waals surface area contributed by atoms with Gasteiger partial charge in [-0.1, -0.05) is 51.0 Å². The Bertz CT molecular complexity index is 1130. The Labute approximate surface area is 154 Å². The summed E-state index contributed by atoms with van der Waals surface area (Å²) in [6.07, 6.45) is 1.86. The van der Waals surface area contributed by atoms with Gasteiger partial charge in [0.25, 0.3) is 5.56 Å². The van der Waals surface area contributed by atoms with E-state index in [1.807, 2.05) is 42.5 Å². The van der Waals surface area contributed by atoms with Crippen molar-refractivity contribution in [1.29, 1.82) is 0 Å². The van der Waals surface area contributed by atoms with E-state index in [1.54, 1.807) is 16.5 Å². The first-order valence-electron chi connectivity index (χ1n) is 7.03. The van der Waals surface area contributed by atoms with Crippen molar-refractivity contribution in [2.45, 2.75) is 0 Å². The van der Waals surface area contributed by atoms with Gasteiger partial charge < -0.3 is 0 Å². The summed E-state index contributed by atoms with van der Waals surface area (Å²) in [5.41, 5.74) is 1.64. The van der Waals surface area contributed by atoms with Gasteiger partial charge in [-0.25, -0.2) is 4.40 Å². The van der Waals surface area contributed by atoms with Crippen molar-refractivity contribution in [3.05, 3.63) is 78.5 Å². The van der Waals surface area contributed by atoms with E-state index in [9.17, 15) is 4.79 Å². The molecular weight excluding hydrogens is 410 g/mol. The van der Waals surface area contributed by atoms with Gasteiger partial charge in [0.2, 0.25) is 4.96 Å². The number of hydrogen-bond acceptors (Lipinski definition) is 4.